The molecule has 73 heavy (non-hydrogen) atoms. The first kappa shape index (κ1) is 47.2. The minimum atomic E-state index is -0.115. The first-order chi connectivity index (χ1) is 34.2. The fraction of sp³-hybridized carbons (Fsp3) is 0.391. The zero-order valence-electron chi connectivity index (χ0n) is 46.7. The molecule has 0 spiro atoms. The Morgan fingerprint density at radius 3 is 1.71 bits per heavy atom. The molecule has 0 unspecified atom stereocenters. The molecular formula is C69H75BN2S. The summed E-state index contributed by atoms with van der Waals surface area (Å²) in [6.07, 6.45) is 4.62. The van der Waals surface area contributed by atoms with Gasteiger partial charge in [0.2, 0.25) is 0 Å². The molecule has 0 amide bonds. The van der Waals surface area contributed by atoms with Crippen LogP contribution in [0.1, 0.15) is 174 Å². The van der Waals surface area contributed by atoms with Crippen molar-refractivity contribution in [3.8, 4) is 11.1 Å². The highest BCUT2D eigenvalue weighted by atomic mass is 32.1. The third kappa shape index (κ3) is 6.73. The van der Waals surface area contributed by atoms with Gasteiger partial charge in [-0.1, -0.05) is 165 Å². The second-order valence-electron chi connectivity index (χ2n) is 28.4. The molecule has 2 nitrogen and oxygen atoms in total. The van der Waals surface area contributed by atoms with E-state index in [2.05, 4.69) is 236 Å². The van der Waals surface area contributed by atoms with Crippen LogP contribution in [0, 0.1) is 6.92 Å². The second kappa shape index (κ2) is 14.8. The molecule has 0 fully saturated rings. The van der Waals surface area contributed by atoms with Gasteiger partial charge < -0.3 is 9.80 Å². The van der Waals surface area contributed by atoms with Gasteiger partial charge in [-0.2, -0.15) is 0 Å². The van der Waals surface area contributed by atoms with Crippen LogP contribution in [0.15, 0.2) is 115 Å². The molecule has 3 aliphatic carbocycles. The lowest BCUT2D eigenvalue weighted by atomic mass is 9.33. The van der Waals surface area contributed by atoms with Gasteiger partial charge in [-0.15, -0.1) is 11.3 Å². The fourth-order valence-corrected chi connectivity index (χ4v) is 16.8. The summed E-state index contributed by atoms with van der Waals surface area (Å²) in [5.74, 6) is 0. The molecule has 13 rings (SSSR count). The quantitative estimate of drug-likeness (QED) is 0.163. The van der Waals surface area contributed by atoms with E-state index in [0.29, 0.717) is 0 Å². The van der Waals surface area contributed by atoms with E-state index in [-0.39, 0.29) is 44.6 Å². The highest BCUT2D eigenvalue weighted by molar-refractivity contribution is 7.26. The number of thiophene rings is 1. The summed E-state index contributed by atoms with van der Waals surface area (Å²) in [7, 11) is 0. The van der Waals surface area contributed by atoms with Crippen molar-refractivity contribution in [2.45, 2.75) is 174 Å². The highest BCUT2D eigenvalue weighted by Gasteiger charge is 2.49. The zero-order valence-corrected chi connectivity index (χ0v) is 47.5. The van der Waals surface area contributed by atoms with E-state index in [1.165, 1.54) is 139 Å². The van der Waals surface area contributed by atoms with E-state index in [0.717, 1.165) is 12.8 Å². The Balaban J connectivity index is 1.17. The lowest BCUT2D eigenvalue weighted by Crippen LogP contribution is -2.62. The van der Waals surface area contributed by atoms with Crippen molar-refractivity contribution in [2.75, 3.05) is 9.80 Å². The number of fused-ring (bicyclic) bond motifs is 10. The van der Waals surface area contributed by atoms with Crippen molar-refractivity contribution in [1.29, 1.82) is 0 Å². The predicted octanol–water partition coefficient (Wildman–Crippen LogP) is 17.7. The van der Waals surface area contributed by atoms with Crippen LogP contribution in [-0.4, -0.2) is 6.71 Å². The topological polar surface area (TPSA) is 6.48 Å². The van der Waals surface area contributed by atoms with Crippen molar-refractivity contribution >= 4 is 88.7 Å². The maximum absolute atomic E-state index is 2.74. The number of anilines is 6. The number of benzene rings is 7. The molecule has 3 heterocycles. The maximum Gasteiger partial charge on any atom is 0.252 e. The van der Waals surface area contributed by atoms with Gasteiger partial charge >= 0.3 is 0 Å². The Morgan fingerprint density at radius 2 is 1.03 bits per heavy atom. The van der Waals surface area contributed by atoms with Gasteiger partial charge in [-0.3, -0.25) is 0 Å². The van der Waals surface area contributed by atoms with E-state index < -0.39 is 0 Å². The summed E-state index contributed by atoms with van der Waals surface area (Å²) in [5, 5.41) is 2.71. The average Bonchev–Trinajstić information content (AvgIpc) is 3.85. The van der Waals surface area contributed by atoms with Gasteiger partial charge in [0.15, 0.2) is 0 Å². The predicted molar refractivity (Wildman–Crippen MR) is 319 cm³/mol. The SMILES string of the molecule is Cc1cc2c(cc1N1c3ccc(-c4cccc5sc6ccccc6c45)cc3B3c4cc5c(cc4N(c4ccc6c(c4)C(C)(C)CC6(C)C)c4cc(C(C)(C)C)cc1c43)C(C)(C)CCC5(C)C)C(C)(C)CC2(C)C. The van der Waals surface area contributed by atoms with Crippen LogP contribution in [0.5, 0.6) is 0 Å². The van der Waals surface area contributed by atoms with Gasteiger partial charge in [0.1, 0.15) is 0 Å². The largest absolute Gasteiger partial charge is 0.311 e. The van der Waals surface area contributed by atoms with Gasteiger partial charge in [-0.25, -0.2) is 0 Å². The van der Waals surface area contributed by atoms with Gasteiger partial charge in [-0.05, 0) is 197 Å². The second-order valence-corrected chi connectivity index (χ2v) is 29.4. The molecule has 0 atom stereocenters. The summed E-state index contributed by atoms with van der Waals surface area (Å²) in [4.78, 5) is 5.47. The monoisotopic (exact) mass is 975 g/mol. The molecule has 0 saturated carbocycles. The fourth-order valence-electron chi connectivity index (χ4n) is 15.7. The van der Waals surface area contributed by atoms with E-state index in [4.69, 9.17) is 0 Å². The minimum Gasteiger partial charge on any atom is -0.311 e. The Kier molecular flexibility index (Phi) is 9.59. The first-order valence-electron chi connectivity index (χ1n) is 27.5. The van der Waals surface area contributed by atoms with Gasteiger partial charge in [0, 0.05) is 54.3 Å². The van der Waals surface area contributed by atoms with Gasteiger partial charge in [0.25, 0.3) is 6.71 Å². The molecule has 0 radical (unpaired) electrons. The molecule has 5 aliphatic rings. The Morgan fingerprint density at radius 1 is 0.466 bits per heavy atom. The lowest BCUT2D eigenvalue weighted by molar-refractivity contribution is 0.332. The summed E-state index contributed by atoms with van der Waals surface area (Å²) >= 11 is 1.91. The molecule has 0 bridgehead atoms. The van der Waals surface area contributed by atoms with Crippen molar-refractivity contribution in [3.05, 3.63) is 160 Å². The molecule has 0 saturated heterocycles. The number of rotatable bonds is 3. The summed E-state index contributed by atoms with van der Waals surface area (Å²) < 4.78 is 2.69. The number of hydrogen-bond acceptors (Lipinski definition) is 3. The molecule has 7 aromatic carbocycles. The summed E-state index contributed by atoms with van der Waals surface area (Å²) in [5.41, 5.74) is 26.6. The summed E-state index contributed by atoms with van der Waals surface area (Å²) in [6.45, 7) is 39.3. The standard InChI is InChI=1S/C69H75BN2S/c1-40-30-47-51(69(15,16)39-67(47,11)12)36-55(40)72-54-27-24-41(44-21-19-23-60-61(44)45-20-17-18-22-59(45)73-60)31-52(54)70-53-35-49-50(65(7,8)29-28-64(49,5)6)37-56(53)71(57-32-42(63(2,3)4)33-58(72)62(57)70)43-25-26-46-48(34-43)68(13,14)38-66(46,9)10/h17-27,30-37H,28-29,38-39H2,1-16H3. The van der Waals surface area contributed by atoms with Crippen LogP contribution in [0.4, 0.5) is 34.1 Å². The Labute approximate surface area is 441 Å². The summed E-state index contributed by atoms with van der Waals surface area (Å²) in [6, 6.07) is 46.9. The van der Waals surface area contributed by atoms with E-state index >= 15 is 0 Å². The number of hydrogen-bond donors (Lipinski definition) is 0. The molecule has 0 N–H and O–H groups in total. The Bertz CT molecular complexity index is 3710. The van der Waals surface area contributed by atoms with Crippen molar-refractivity contribution in [3.63, 3.8) is 0 Å². The molecule has 8 aromatic rings. The van der Waals surface area contributed by atoms with E-state index in [9.17, 15) is 0 Å². The van der Waals surface area contributed by atoms with Crippen LogP contribution >= 0.6 is 11.3 Å². The number of aryl methyl sites for hydroxylation is 1. The van der Waals surface area contributed by atoms with E-state index in [1.54, 1.807) is 0 Å². The van der Waals surface area contributed by atoms with Crippen LogP contribution in [0.2, 0.25) is 0 Å². The smallest absolute Gasteiger partial charge is 0.252 e. The zero-order chi connectivity index (χ0) is 51.5. The molecule has 4 heteroatoms. The third-order valence-electron chi connectivity index (χ3n) is 19.1. The van der Waals surface area contributed by atoms with Crippen LogP contribution in [0.25, 0.3) is 31.3 Å². The lowest BCUT2D eigenvalue weighted by Gasteiger charge is -2.48. The van der Waals surface area contributed by atoms with Crippen LogP contribution < -0.4 is 26.2 Å². The normalized spacial score (nSPS) is 19.9. The first-order valence-corrected chi connectivity index (χ1v) is 28.3. The van der Waals surface area contributed by atoms with Crippen molar-refractivity contribution in [1.82, 2.24) is 0 Å². The molecular weight excluding hydrogens is 900 g/mol. The molecule has 370 valence electrons. The van der Waals surface area contributed by atoms with Gasteiger partial charge in [0.05, 0.1) is 0 Å². The molecule has 2 aliphatic heterocycles. The highest BCUT2D eigenvalue weighted by Crippen LogP contribution is 2.56. The molecule has 1 aromatic heterocycles. The number of nitrogens with zero attached hydrogens (tertiary/aromatic N) is 2. The minimum absolute atomic E-state index is 0.00376. The van der Waals surface area contributed by atoms with Crippen LogP contribution in [-0.2, 0) is 37.9 Å². The maximum atomic E-state index is 2.74. The van der Waals surface area contributed by atoms with Crippen molar-refractivity contribution < 1.29 is 0 Å². The van der Waals surface area contributed by atoms with E-state index in [1.807, 2.05) is 11.3 Å². The van der Waals surface area contributed by atoms with Crippen LogP contribution in [0.3, 0.4) is 0 Å². The van der Waals surface area contributed by atoms with Crippen molar-refractivity contribution in [2.24, 2.45) is 0 Å². The average molecular weight is 975 g/mol. The Hall–Kier alpha value is -5.58. The third-order valence-corrected chi connectivity index (χ3v) is 20.3.